The zero-order valence-corrected chi connectivity index (χ0v) is 12.9. The lowest BCUT2D eigenvalue weighted by Gasteiger charge is -2.24. The largest absolute Gasteiger partial charge is 0.395 e. The molecule has 1 aromatic carbocycles. The number of aliphatic hydroxyl groups is 1. The molecule has 0 saturated carbocycles. The highest BCUT2D eigenvalue weighted by Crippen LogP contribution is 2.29. The maximum absolute atomic E-state index is 12.5. The van der Waals surface area contributed by atoms with E-state index < -0.39 is 21.0 Å². The maximum Gasteiger partial charge on any atom is 0.271 e. The molecule has 2 N–H and O–H groups in total. The number of benzene rings is 1. The minimum absolute atomic E-state index is 0.0576. The molecule has 0 aliphatic rings. The van der Waals surface area contributed by atoms with Crippen LogP contribution in [0.25, 0.3) is 0 Å². The molecular weight excluding hydrogens is 298 g/mol. The number of rotatable bonds is 7. The number of non-ortho nitro benzene ring substituents is 1. The fraction of sp³-hybridized carbons (Fsp3) is 0.500. The highest BCUT2D eigenvalue weighted by atomic mass is 32.2. The lowest BCUT2D eigenvalue weighted by Crippen LogP contribution is -2.37. The number of nitrogens with zero attached hydrogens (tertiary/aromatic N) is 2. The second kappa shape index (κ2) is 6.83. The first-order valence-corrected chi connectivity index (χ1v) is 7.80. The van der Waals surface area contributed by atoms with Crippen LogP contribution < -0.4 is 5.32 Å². The van der Waals surface area contributed by atoms with Crippen molar-refractivity contribution in [3.05, 3.63) is 28.3 Å². The van der Waals surface area contributed by atoms with Gasteiger partial charge >= 0.3 is 0 Å². The van der Waals surface area contributed by atoms with Crippen LogP contribution in [0.1, 0.15) is 13.8 Å². The van der Waals surface area contributed by atoms with E-state index in [1.165, 1.54) is 19.2 Å². The normalized spacial score (nSPS) is 13.2. The number of hydrogen-bond donors (Lipinski definition) is 2. The Morgan fingerprint density at radius 2 is 2.10 bits per heavy atom. The minimum atomic E-state index is -3.86. The van der Waals surface area contributed by atoms with Crippen LogP contribution in [-0.4, -0.2) is 49.0 Å². The Morgan fingerprint density at radius 1 is 1.48 bits per heavy atom. The summed E-state index contributed by atoms with van der Waals surface area (Å²) in [6.45, 7) is 3.42. The minimum Gasteiger partial charge on any atom is -0.395 e. The van der Waals surface area contributed by atoms with Crippen molar-refractivity contribution in [2.45, 2.75) is 24.8 Å². The van der Waals surface area contributed by atoms with Crippen molar-refractivity contribution in [1.82, 2.24) is 4.31 Å². The number of likely N-dealkylation sites (N-methyl/N-ethyl adjacent to an activating group) is 1. The molecule has 118 valence electrons. The van der Waals surface area contributed by atoms with Crippen molar-refractivity contribution in [3.63, 3.8) is 0 Å². The Hall–Kier alpha value is -1.71. The fourth-order valence-corrected chi connectivity index (χ4v) is 3.19. The van der Waals surface area contributed by atoms with Gasteiger partial charge in [0.05, 0.1) is 17.2 Å². The molecular formula is C12H19N3O5S. The highest BCUT2D eigenvalue weighted by molar-refractivity contribution is 7.89. The second-order valence-electron chi connectivity index (χ2n) is 4.52. The summed E-state index contributed by atoms with van der Waals surface area (Å²) in [4.78, 5) is 10.1. The molecule has 0 fully saturated rings. The summed E-state index contributed by atoms with van der Waals surface area (Å²) in [5.41, 5.74) is -0.0218. The van der Waals surface area contributed by atoms with Gasteiger partial charge in [-0.05, 0) is 19.9 Å². The molecule has 8 nitrogen and oxygen atoms in total. The third kappa shape index (κ3) is 3.69. The summed E-state index contributed by atoms with van der Waals surface area (Å²) in [7, 11) is -2.50. The number of hydrogen-bond acceptors (Lipinski definition) is 6. The molecule has 0 radical (unpaired) electrons. The second-order valence-corrected chi connectivity index (χ2v) is 6.49. The van der Waals surface area contributed by atoms with Crippen LogP contribution >= 0.6 is 0 Å². The number of sulfonamides is 1. The average molecular weight is 317 g/mol. The summed E-state index contributed by atoms with van der Waals surface area (Å²) in [6, 6.07) is 2.94. The van der Waals surface area contributed by atoms with E-state index in [0.29, 0.717) is 6.54 Å². The van der Waals surface area contributed by atoms with Gasteiger partial charge in [0.15, 0.2) is 0 Å². The molecule has 1 unspecified atom stereocenters. The SMILES string of the molecule is CCNc1cc([N+](=O)[O-])ccc1S(=O)(=O)N(C)C(C)CO. The number of nitro groups is 1. The smallest absolute Gasteiger partial charge is 0.271 e. The average Bonchev–Trinajstić information content (AvgIpc) is 2.45. The molecule has 0 heterocycles. The summed E-state index contributed by atoms with van der Waals surface area (Å²) < 4.78 is 26.1. The van der Waals surface area contributed by atoms with Crippen molar-refractivity contribution in [2.24, 2.45) is 0 Å². The van der Waals surface area contributed by atoms with E-state index in [9.17, 15) is 18.5 Å². The van der Waals surface area contributed by atoms with Gasteiger partial charge in [-0.15, -0.1) is 0 Å². The molecule has 9 heteroatoms. The number of aliphatic hydroxyl groups excluding tert-OH is 1. The Bertz CT molecular complexity index is 617. The van der Waals surface area contributed by atoms with Gasteiger partial charge in [-0.3, -0.25) is 10.1 Å². The summed E-state index contributed by atoms with van der Waals surface area (Å²) in [6.07, 6.45) is 0. The van der Waals surface area contributed by atoms with Crippen LogP contribution in [0.2, 0.25) is 0 Å². The topological polar surface area (TPSA) is 113 Å². The van der Waals surface area contributed by atoms with E-state index in [0.717, 1.165) is 10.4 Å². The van der Waals surface area contributed by atoms with Crippen molar-refractivity contribution < 1.29 is 18.4 Å². The third-order valence-corrected chi connectivity index (χ3v) is 5.11. The quantitative estimate of drug-likeness (QED) is 0.573. The highest BCUT2D eigenvalue weighted by Gasteiger charge is 2.28. The molecule has 0 aromatic heterocycles. The van der Waals surface area contributed by atoms with E-state index >= 15 is 0 Å². The predicted octanol–water partition coefficient (Wildman–Crippen LogP) is 1.03. The van der Waals surface area contributed by atoms with Crippen LogP contribution in [0, 0.1) is 10.1 Å². The van der Waals surface area contributed by atoms with Gasteiger partial charge in [0.1, 0.15) is 4.90 Å². The van der Waals surface area contributed by atoms with Gasteiger partial charge in [0, 0.05) is 31.8 Å². The van der Waals surface area contributed by atoms with Crippen molar-refractivity contribution in [1.29, 1.82) is 0 Å². The third-order valence-electron chi connectivity index (χ3n) is 3.08. The monoisotopic (exact) mass is 317 g/mol. The zero-order chi connectivity index (χ0) is 16.2. The van der Waals surface area contributed by atoms with E-state index in [1.807, 2.05) is 0 Å². The van der Waals surface area contributed by atoms with Crippen molar-refractivity contribution in [2.75, 3.05) is 25.5 Å². The van der Waals surface area contributed by atoms with Gasteiger partial charge in [-0.1, -0.05) is 0 Å². The number of anilines is 1. The predicted molar refractivity (Wildman–Crippen MR) is 78.8 cm³/mol. The molecule has 0 saturated heterocycles. The molecule has 0 aliphatic heterocycles. The number of nitro benzene ring substituents is 1. The molecule has 0 amide bonds. The van der Waals surface area contributed by atoms with Crippen LogP contribution in [-0.2, 0) is 10.0 Å². The van der Waals surface area contributed by atoms with Gasteiger partial charge in [0.2, 0.25) is 10.0 Å². The van der Waals surface area contributed by atoms with Crippen LogP contribution in [0.3, 0.4) is 0 Å². The summed E-state index contributed by atoms with van der Waals surface area (Å²) in [5, 5.41) is 22.7. The molecule has 1 atom stereocenters. The molecule has 1 rings (SSSR count). The summed E-state index contributed by atoms with van der Waals surface area (Å²) >= 11 is 0. The van der Waals surface area contributed by atoms with Crippen LogP contribution in [0.4, 0.5) is 11.4 Å². The summed E-state index contributed by atoms with van der Waals surface area (Å²) in [5.74, 6) is 0. The Kier molecular flexibility index (Phi) is 5.64. The van der Waals surface area contributed by atoms with Gasteiger partial charge in [-0.25, -0.2) is 8.42 Å². The molecule has 21 heavy (non-hydrogen) atoms. The first-order chi connectivity index (χ1) is 9.75. The maximum atomic E-state index is 12.5. The molecule has 0 spiro atoms. The number of nitrogens with one attached hydrogen (secondary N) is 1. The Labute approximate surface area is 123 Å². The zero-order valence-electron chi connectivity index (χ0n) is 12.1. The van der Waals surface area contributed by atoms with E-state index in [-0.39, 0.29) is 22.9 Å². The van der Waals surface area contributed by atoms with E-state index in [4.69, 9.17) is 5.11 Å². The molecule has 0 bridgehead atoms. The van der Waals surface area contributed by atoms with Crippen molar-refractivity contribution >= 4 is 21.4 Å². The lowest BCUT2D eigenvalue weighted by molar-refractivity contribution is -0.384. The molecule has 1 aromatic rings. The first kappa shape index (κ1) is 17.3. The lowest BCUT2D eigenvalue weighted by atomic mass is 10.3. The Balaban J connectivity index is 3.37. The van der Waals surface area contributed by atoms with Crippen LogP contribution in [0.5, 0.6) is 0 Å². The standard InChI is InChI=1S/C12H19N3O5S/c1-4-13-11-7-10(15(17)18)5-6-12(11)21(19,20)14(3)9(2)8-16/h5-7,9,13,16H,4,8H2,1-3H3. The van der Waals surface area contributed by atoms with Gasteiger partial charge < -0.3 is 10.4 Å². The van der Waals surface area contributed by atoms with Gasteiger partial charge in [0.25, 0.3) is 5.69 Å². The van der Waals surface area contributed by atoms with Crippen molar-refractivity contribution in [3.8, 4) is 0 Å². The fourth-order valence-electron chi connectivity index (χ4n) is 1.69. The first-order valence-electron chi connectivity index (χ1n) is 6.36. The Morgan fingerprint density at radius 3 is 2.57 bits per heavy atom. The molecule has 0 aliphatic carbocycles. The van der Waals surface area contributed by atoms with E-state index in [2.05, 4.69) is 5.32 Å². The van der Waals surface area contributed by atoms with Crippen LogP contribution in [0.15, 0.2) is 23.1 Å². The van der Waals surface area contributed by atoms with E-state index in [1.54, 1.807) is 13.8 Å². The van der Waals surface area contributed by atoms with Gasteiger partial charge in [-0.2, -0.15) is 4.31 Å².